The van der Waals surface area contributed by atoms with Gasteiger partial charge in [0.1, 0.15) is 0 Å². The number of hydrogen-bond acceptors (Lipinski definition) is 3. The molecule has 1 aliphatic rings. The van der Waals surface area contributed by atoms with Gasteiger partial charge in [-0.1, -0.05) is 6.92 Å². The predicted molar refractivity (Wildman–Crippen MR) is 66.9 cm³/mol. The Morgan fingerprint density at radius 2 is 2.35 bits per heavy atom. The van der Waals surface area contributed by atoms with E-state index in [0.29, 0.717) is 12.5 Å². The smallest absolute Gasteiger partial charge is 0.224 e. The van der Waals surface area contributed by atoms with Crippen LogP contribution in [-0.2, 0) is 4.79 Å². The molecule has 1 aromatic heterocycles. The van der Waals surface area contributed by atoms with E-state index in [1.54, 1.807) is 6.20 Å². The number of amides is 1. The molecule has 0 aromatic carbocycles. The van der Waals surface area contributed by atoms with Crippen LogP contribution in [0, 0.1) is 0 Å². The van der Waals surface area contributed by atoms with Crippen LogP contribution >= 0.6 is 0 Å². The van der Waals surface area contributed by atoms with E-state index in [1.807, 2.05) is 17.8 Å². The van der Waals surface area contributed by atoms with E-state index in [4.69, 9.17) is 0 Å². The molecule has 0 bridgehead atoms. The predicted octanol–water partition coefficient (Wildman–Crippen LogP) is 1.55. The van der Waals surface area contributed by atoms with Gasteiger partial charge in [0.15, 0.2) is 0 Å². The highest BCUT2D eigenvalue weighted by atomic mass is 16.1. The number of anilines is 1. The third-order valence-corrected chi connectivity index (χ3v) is 3.05. The van der Waals surface area contributed by atoms with Crippen molar-refractivity contribution in [2.75, 3.05) is 18.4 Å². The summed E-state index contributed by atoms with van der Waals surface area (Å²) in [4.78, 5) is 11.4. The lowest BCUT2D eigenvalue weighted by atomic mass is 10.1. The Bertz CT molecular complexity index is 368. The number of nitrogens with one attached hydrogen (secondary N) is 2. The van der Waals surface area contributed by atoms with Gasteiger partial charge in [-0.15, -0.1) is 0 Å². The van der Waals surface area contributed by atoms with Gasteiger partial charge in [-0.05, 0) is 32.4 Å². The lowest BCUT2D eigenvalue weighted by Crippen LogP contribution is -2.29. The normalized spacial score (nSPS) is 17.0. The summed E-state index contributed by atoms with van der Waals surface area (Å²) in [6, 6.07) is 0.466. The van der Waals surface area contributed by atoms with Crippen molar-refractivity contribution in [3.05, 3.63) is 12.4 Å². The van der Waals surface area contributed by atoms with Gasteiger partial charge in [-0.3, -0.25) is 9.48 Å². The Morgan fingerprint density at radius 1 is 1.59 bits per heavy atom. The van der Waals surface area contributed by atoms with Crippen LogP contribution in [-0.4, -0.2) is 28.8 Å². The number of piperidine rings is 1. The second-order valence-electron chi connectivity index (χ2n) is 4.49. The van der Waals surface area contributed by atoms with Gasteiger partial charge >= 0.3 is 0 Å². The topological polar surface area (TPSA) is 59.0 Å². The van der Waals surface area contributed by atoms with Crippen LogP contribution in [0.25, 0.3) is 0 Å². The molecule has 5 nitrogen and oxygen atoms in total. The third-order valence-electron chi connectivity index (χ3n) is 3.05. The Morgan fingerprint density at radius 3 is 3.06 bits per heavy atom. The monoisotopic (exact) mass is 236 g/mol. The first kappa shape index (κ1) is 12.1. The van der Waals surface area contributed by atoms with Crippen molar-refractivity contribution in [2.45, 2.75) is 38.6 Å². The molecule has 1 fully saturated rings. The average Bonchev–Trinajstić information content (AvgIpc) is 2.79. The zero-order valence-corrected chi connectivity index (χ0v) is 10.3. The van der Waals surface area contributed by atoms with Crippen molar-refractivity contribution in [3.8, 4) is 0 Å². The number of nitrogens with zero attached hydrogens (tertiary/aromatic N) is 2. The molecular formula is C12H20N4O. The van der Waals surface area contributed by atoms with Gasteiger partial charge in [0.05, 0.1) is 17.9 Å². The lowest BCUT2D eigenvalue weighted by Gasteiger charge is -2.22. The standard InChI is InChI=1S/C12H20N4O/c1-2-3-12(17)15-10-8-14-16(9-10)11-4-6-13-7-5-11/h8-9,11,13H,2-7H2,1H3,(H,15,17). The Kier molecular flexibility index (Phi) is 4.14. The van der Waals surface area contributed by atoms with E-state index in [1.165, 1.54) is 0 Å². The van der Waals surface area contributed by atoms with Gasteiger partial charge in [0.2, 0.25) is 5.91 Å². The number of carbonyl (C=O) groups is 1. The summed E-state index contributed by atoms with van der Waals surface area (Å²) in [6.45, 7) is 4.09. The quantitative estimate of drug-likeness (QED) is 0.833. The largest absolute Gasteiger partial charge is 0.323 e. The molecule has 1 aliphatic heterocycles. The van der Waals surface area contributed by atoms with E-state index >= 15 is 0 Å². The molecule has 0 unspecified atom stereocenters. The zero-order chi connectivity index (χ0) is 12.1. The molecule has 1 amide bonds. The number of rotatable bonds is 4. The molecule has 1 aromatic rings. The fourth-order valence-electron chi connectivity index (χ4n) is 2.12. The Hall–Kier alpha value is -1.36. The SMILES string of the molecule is CCCC(=O)Nc1cnn(C2CCNCC2)c1. The highest BCUT2D eigenvalue weighted by Crippen LogP contribution is 2.19. The summed E-state index contributed by atoms with van der Waals surface area (Å²) >= 11 is 0. The molecule has 0 radical (unpaired) electrons. The first-order chi connectivity index (χ1) is 8.29. The molecular weight excluding hydrogens is 216 g/mol. The van der Waals surface area contributed by atoms with E-state index in [9.17, 15) is 4.79 Å². The van der Waals surface area contributed by atoms with Crippen LogP contribution in [0.5, 0.6) is 0 Å². The molecule has 2 rings (SSSR count). The molecule has 1 saturated heterocycles. The van der Waals surface area contributed by atoms with Crippen LogP contribution in [0.3, 0.4) is 0 Å². The molecule has 17 heavy (non-hydrogen) atoms. The molecule has 2 N–H and O–H groups in total. The van der Waals surface area contributed by atoms with E-state index in [0.717, 1.165) is 38.0 Å². The van der Waals surface area contributed by atoms with Gasteiger partial charge in [0, 0.05) is 12.6 Å². The Labute approximate surface area is 102 Å². The first-order valence-corrected chi connectivity index (χ1v) is 6.34. The Balaban J connectivity index is 1.93. The van der Waals surface area contributed by atoms with Crippen molar-refractivity contribution in [1.29, 1.82) is 0 Å². The van der Waals surface area contributed by atoms with Crippen molar-refractivity contribution < 1.29 is 4.79 Å². The zero-order valence-electron chi connectivity index (χ0n) is 10.3. The van der Waals surface area contributed by atoms with Gasteiger partial charge in [-0.25, -0.2) is 0 Å². The van der Waals surface area contributed by atoms with Crippen LogP contribution < -0.4 is 10.6 Å². The van der Waals surface area contributed by atoms with Crippen LogP contribution in [0.4, 0.5) is 5.69 Å². The van der Waals surface area contributed by atoms with E-state index in [-0.39, 0.29) is 5.91 Å². The summed E-state index contributed by atoms with van der Waals surface area (Å²) in [6.07, 6.45) is 7.31. The highest BCUT2D eigenvalue weighted by Gasteiger charge is 2.15. The molecule has 94 valence electrons. The number of carbonyl (C=O) groups excluding carboxylic acids is 1. The van der Waals surface area contributed by atoms with E-state index < -0.39 is 0 Å². The maximum absolute atomic E-state index is 11.4. The molecule has 0 spiro atoms. The highest BCUT2D eigenvalue weighted by molar-refractivity contribution is 5.90. The lowest BCUT2D eigenvalue weighted by molar-refractivity contribution is -0.116. The minimum absolute atomic E-state index is 0.0670. The first-order valence-electron chi connectivity index (χ1n) is 6.34. The summed E-state index contributed by atoms with van der Waals surface area (Å²) in [7, 11) is 0. The van der Waals surface area contributed by atoms with E-state index in [2.05, 4.69) is 15.7 Å². The van der Waals surface area contributed by atoms with Crippen LogP contribution in [0.1, 0.15) is 38.6 Å². The van der Waals surface area contributed by atoms with Crippen molar-refractivity contribution in [1.82, 2.24) is 15.1 Å². The minimum Gasteiger partial charge on any atom is -0.323 e. The molecule has 2 heterocycles. The summed E-state index contributed by atoms with van der Waals surface area (Å²) < 4.78 is 1.97. The van der Waals surface area contributed by atoms with Gasteiger partial charge < -0.3 is 10.6 Å². The van der Waals surface area contributed by atoms with Crippen LogP contribution in [0.2, 0.25) is 0 Å². The fourth-order valence-corrected chi connectivity index (χ4v) is 2.12. The molecule has 0 saturated carbocycles. The van der Waals surface area contributed by atoms with Gasteiger partial charge in [-0.2, -0.15) is 5.10 Å². The number of aromatic nitrogens is 2. The molecule has 0 atom stereocenters. The average molecular weight is 236 g/mol. The second kappa shape index (κ2) is 5.82. The number of hydrogen-bond donors (Lipinski definition) is 2. The summed E-state index contributed by atoms with van der Waals surface area (Å²) in [5.74, 6) is 0.0670. The molecule has 5 heteroatoms. The summed E-state index contributed by atoms with van der Waals surface area (Å²) in [5.41, 5.74) is 0.807. The van der Waals surface area contributed by atoms with Crippen molar-refractivity contribution >= 4 is 11.6 Å². The maximum Gasteiger partial charge on any atom is 0.224 e. The summed E-state index contributed by atoms with van der Waals surface area (Å²) in [5, 5.41) is 10.5. The molecule has 0 aliphatic carbocycles. The van der Waals surface area contributed by atoms with Gasteiger partial charge in [0.25, 0.3) is 0 Å². The maximum atomic E-state index is 11.4. The minimum atomic E-state index is 0.0670. The van der Waals surface area contributed by atoms with Crippen molar-refractivity contribution in [3.63, 3.8) is 0 Å². The second-order valence-corrected chi connectivity index (χ2v) is 4.49. The third kappa shape index (κ3) is 3.30. The van der Waals surface area contributed by atoms with Crippen LogP contribution in [0.15, 0.2) is 12.4 Å². The fraction of sp³-hybridized carbons (Fsp3) is 0.667. The van der Waals surface area contributed by atoms with Crippen molar-refractivity contribution in [2.24, 2.45) is 0 Å².